The van der Waals surface area contributed by atoms with Gasteiger partial charge in [-0.3, -0.25) is 14.3 Å². The van der Waals surface area contributed by atoms with Crippen molar-refractivity contribution in [2.75, 3.05) is 11.1 Å². The number of nitrogens with one attached hydrogen (secondary N) is 1. The summed E-state index contributed by atoms with van der Waals surface area (Å²) < 4.78 is 37.1. The second-order valence-electron chi connectivity index (χ2n) is 5.80. The third-order valence-corrected chi connectivity index (χ3v) is 6.07. The van der Waals surface area contributed by atoms with Gasteiger partial charge in [-0.2, -0.15) is 0 Å². The van der Waals surface area contributed by atoms with Gasteiger partial charge in [0.05, 0.1) is 5.75 Å². The van der Waals surface area contributed by atoms with Gasteiger partial charge in [0.15, 0.2) is 0 Å². The summed E-state index contributed by atoms with van der Waals surface area (Å²) in [6, 6.07) is 4.41. The summed E-state index contributed by atoms with van der Waals surface area (Å²) in [5, 5.41) is 0.965. The van der Waals surface area contributed by atoms with Crippen LogP contribution in [0.2, 0.25) is 10.0 Å². The van der Waals surface area contributed by atoms with Crippen LogP contribution in [0, 0.1) is 0 Å². The van der Waals surface area contributed by atoms with E-state index in [-0.39, 0.29) is 16.3 Å². The summed E-state index contributed by atoms with van der Waals surface area (Å²) in [6.45, 7) is 2.48. The van der Waals surface area contributed by atoms with Crippen LogP contribution in [0.1, 0.15) is 25.8 Å². The molecule has 1 unspecified atom stereocenters. The summed E-state index contributed by atoms with van der Waals surface area (Å²) in [5.41, 5.74) is -1.45. The Kier molecular flexibility index (Phi) is 6.83. The Morgan fingerprint density at radius 1 is 1.37 bits per heavy atom. The normalized spacial score (nSPS) is 19.8. The molecule has 1 aliphatic rings. The molecule has 0 aromatic heterocycles. The summed E-state index contributed by atoms with van der Waals surface area (Å²) in [6.07, 6.45) is 0.333. The average molecular weight is 501 g/mol. The van der Waals surface area contributed by atoms with E-state index in [0.717, 1.165) is 6.92 Å². The van der Waals surface area contributed by atoms with Gasteiger partial charge < -0.3 is 9.47 Å². The number of carbonyl (C=O) groups excluding carboxylic acids is 2. The van der Waals surface area contributed by atoms with E-state index in [1.807, 2.05) is 0 Å². The highest BCUT2D eigenvalue weighted by Crippen LogP contribution is 2.42. The number of Topliss-reactive ketones (excluding diaryl/α,β-unsaturated/α-hetero) is 1. The molecule has 1 aromatic carbocycles. The van der Waals surface area contributed by atoms with Crippen LogP contribution in [0.3, 0.4) is 0 Å². The Balaban J connectivity index is 2.45. The second kappa shape index (κ2) is 8.38. The number of hydrogen-bond acceptors (Lipinski definition) is 6. The third-order valence-electron chi connectivity index (χ3n) is 3.64. The number of esters is 1. The summed E-state index contributed by atoms with van der Waals surface area (Å²) >= 11 is 15.2. The third kappa shape index (κ3) is 4.96. The fourth-order valence-electron chi connectivity index (χ4n) is 2.41. The maximum atomic E-state index is 12.9. The smallest absolute Gasteiger partial charge is 0.308 e. The van der Waals surface area contributed by atoms with Crippen molar-refractivity contribution in [3.63, 3.8) is 0 Å². The minimum Gasteiger partial charge on any atom is -0.456 e. The Morgan fingerprint density at radius 2 is 2.04 bits per heavy atom. The highest BCUT2D eigenvalue weighted by molar-refractivity contribution is 9.09. The van der Waals surface area contributed by atoms with Gasteiger partial charge >= 0.3 is 5.97 Å². The average Bonchev–Trinajstić information content (AvgIpc) is 2.77. The minimum absolute atomic E-state index is 0.143. The zero-order valence-corrected chi connectivity index (χ0v) is 18.3. The van der Waals surface area contributed by atoms with Crippen LogP contribution in [0.25, 0.3) is 0 Å². The van der Waals surface area contributed by atoms with Crippen molar-refractivity contribution < 1.29 is 27.5 Å². The lowest BCUT2D eigenvalue weighted by molar-refractivity contribution is -0.142. The molecule has 0 amide bonds. The summed E-state index contributed by atoms with van der Waals surface area (Å²) in [5.74, 6) is -2.76. The van der Waals surface area contributed by atoms with Crippen molar-refractivity contribution in [3.8, 4) is 0 Å². The molecule has 0 saturated heterocycles. The van der Waals surface area contributed by atoms with E-state index in [0.29, 0.717) is 16.8 Å². The molecular formula is C16H16BrCl2NO6S. The Hall–Kier alpha value is -1.29. The zero-order chi connectivity index (χ0) is 20.4. The lowest BCUT2D eigenvalue weighted by Crippen LogP contribution is -2.33. The predicted molar refractivity (Wildman–Crippen MR) is 104 cm³/mol. The van der Waals surface area contributed by atoms with Gasteiger partial charge in [0.1, 0.15) is 0 Å². The quantitative estimate of drug-likeness (QED) is 0.455. The Labute approximate surface area is 175 Å². The number of ether oxygens (including phenoxy) is 2. The molecule has 148 valence electrons. The van der Waals surface area contributed by atoms with Crippen molar-refractivity contribution in [1.82, 2.24) is 4.72 Å². The van der Waals surface area contributed by atoms with Crippen molar-refractivity contribution >= 4 is 60.9 Å². The molecule has 0 saturated carbocycles. The molecule has 1 N–H and O–H groups in total. The van der Waals surface area contributed by atoms with E-state index >= 15 is 0 Å². The molecule has 27 heavy (non-hydrogen) atoms. The zero-order valence-electron chi connectivity index (χ0n) is 14.3. The molecule has 11 heteroatoms. The van der Waals surface area contributed by atoms with Crippen LogP contribution >= 0.6 is 39.1 Å². The SMILES string of the molecule is CC(=O)OC1=C(NS(=O)(=O)CCCBr)OC(C)(c2ccc(Cl)cc2Cl)C1=O. The first-order valence-electron chi connectivity index (χ1n) is 7.68. The maximum Gasteiger partial charge on any atom is 0.308 e. The van der Waals surface area contributed by atoms with Crippen molar-refractivity contribution in [2.24, 2.45) is 0 Å². The summed E-state index contributed by atoms with van der Waals surface area (Å²) in [4.78, 5) is 24.3. The number of hydrogen-bond donors (Lipinski definition) is 1. The second-order valence-corrected chi connectivity index (χ2v) is 9.28. The monoisotopic (exact) mass is 499 g/mol. The van der Waals surface area contributed by atoms with Crippen LogP contribution in [0.15, 0.2) is 29.8 Å². The molecule has 2 rings (SSSR count). The lowest BCUT2D eigenvalue weighted by atomic mass is 9.91. The van der Waals surface area contributed by atoms with Crippen molar-refractivity contribution in [3.05, 3.63) is 45.5 Å². The van der Waals surface area contributed by atoms with Gasteiger partial charge in [-0.05, 0) is 25.5 Å². The van der Waals surface area contributed by atoms with E-state index in [9.17, 15) is 18.0 Å². The van der Waals surface area contributed by atoms with Crippen LogP contribution in [0.4, 0.5) is 0 Å². The summed E-state index contributed by atoms with van der Waals surface area (Å²) in [7, 11) is -3.83. The molecule has 1 aromatic rings. The van der Waals surface area contributed by atoms with E-state index in [1.54, 1.807) is 0 Å². The highest BCUT2D eigenvalue weighted by atomic mass is 79.9. The van der Waals surface area contributed by atoms with Gasteiger partial charge in [0, 0.05) is 27.9 Å². The van der Waals surface area contributed by atoms with Crippen molar-refractivity contribution in [1.29, 1.82) is 0 Å². The molecule has 0 radical (unpaired) electrons. The van der Waals surface area contributed by atoms with E-state index in [1.165, 1.54) is 25.1 Å². The number of rotatable bonds is 7. The van der Waals surface area contributed by atoms with Gasteiger partial charge in [0.2, 0.25) is 27.3 Å². The van der Waals surface area contributed by atoms with Crippen molar-refractivity contribution in [2.45, 2.75) is 25.9 Å². The number of alkyl halides is 1. The topological polar surface area (TPSA) is 98.8 Å². The lowest BCUT2D eigenvalue weighted by Gasteiger charge is -2.24. The van der Waals surface area contributed by atoms with E-state index in [4.69, 9.17) is 32.7 Å². The van der Waals surface area contributed by atoms with Gasteiger partial charge in [-0.15, -0.1) is 0 Å². The molecular weight excluding hydrogens is 485 g/mol. The number of sulfonamides is 1. The standard InChI is InChI=1S/C16H16BrCl2NO6S/c1-9(21)25-13-14(22)16(2,11-5-4-10(18)8-12(11)19)26-15(13)20-27(23,24)7-3-6-17/h4-5,8,20H,3,6-7H2,1-2H3. The molecule has 1 heterocycles. The fraction of sp³-hybridized carbons (Fsp3) is 0.375. The molecule has 7 nitrogen and oxygen atoms in total. The maximum absolute atomic E-state index is 12.9. The molecule has 1 atom stereocenters. The van der Waals surface area contributed by atoms with Crippen LogP contribution in [-0.4, -0.2) is 31.3 Å². The molecule has 0 fully saturated rings. The number of carbonyl (C=O) groups is 2. The fourth-order valence-corrected chi connectivity index (χ4v) is 4.69. The van der Waals surface area contributed by atoms with Gasteiger partial charge in [-0.1, -0.05) is 45.2 Å². The van der Waals surface area contributed by atoms with Gasteiger partial charge in [0.25, 0.3) is 5.78 Å². The molecule has 0 bridgehead atoms. The minimum atomic E-state index is -3.83. The van der Waals surface area contributed by atoms with E-state index < -0.39 is 39.0 Å². The number of benzene rings is 1. The number of ketones is 1. The van der Waals surface area contributed by atoms with Crippen LogP contribution in [-0.2, 0) is 34.7 Å². The largest absolute Gasteiger partial charge is 0.456 e. The van der Waals surface area contributed by atoms with Crippen LogP contribution in [0.5, 0.6) is 0 Å². The molecule has 1 aliphatic heterocycles. The van der Waals surface area contributed by atoms with Crippen LogP contribution < -0.4 is 4.72 Å². The molecule has 0 aliphatic carbocycles. The first kappa shape index (κ1) is 22.0. The van der Waals surface area contributed by atoms with Gasteiger partial charge in [-0.25, -0.2) is 8.42 Å². The van der Waals surface area contributed by atoms with E-state index in [2.05, 4.69) is 20.7 Å². The first-order valence-corrected chi connectivity index (χ1v) is 11.2. The predicted octanol–water partition coefficient (Wildman–Crippen LogP) is 3.24. The molecule has 0 spiro atoms. The Morgan fingerprint density at radius 3 is 2.59 bits per heavy atom. The Bertz CT molecular complexity index is 917. The highest BCUT2D eigenvalue weighted by Gasteiger charge is 2.51. The first-order chi connectivity index (χ1) is 12.5. The number of halogens is 3.